The smallest absolute Gasteiger partial charge is 0.0307 e. The molecule has 0 atom stereocenters. The predicted molar refractivity (Wildman–Crippen MR) is 67.9 cm³/mol. The Labute approximate surface area is 90.4 Å². The third kappa shape index (κ3) is 6.71. The van der Waals surface area contributed by atoms with Crippen LogP contribution in [0.3, 0.4) is 0 Å². The fraction of sp³-hybridized carbons (Fsp3) is 0.571. The first-order valence-electron chi connectivity index (χ1n) is 5.94. The van der Waals surface area contributed by atoms with Crippen LogP contribution in [-0.4, -0.2) is 0 Å². The van der Waals surface area contributed by atoms with Gasteiger partial charge in [0.25, 0.3) is 0 Å². The zero-order valence-electron chi connectivity index (χ0n) is 10.7. The highest BCUT2D eigenvalue weighted by Gasteiger charge is 1.88. The highest BCUT2D eigenvalue weighted by Crippen LogP contribution is 2.04. The Bertz CT molecular complexity index is 161. The second kappa shape index (κ2) is 12.2. The molecule has 0 radical (unpaired) electrons. The van der Waals surface area contributed by atoms with Crippen LogP contribution >= 0.6 is 0 Å². The summed E-state index contributed by atoms with van der Waals surface area (Å²) in [5.41, 5.74) is 2.86. The number of rotatable bonds is 2. The van der Waals surface area contributed by atoms with Gasteiger partial charge in [0.1, 0.15) is 0 Å². The third-order valence-electron chi connectivity index (χ3n) is 1.84. The lowest BCUT2D eigenvalue weighted by molar-refractivity contribution is 1.10. The van der Waals surface area contributed by atoms with E-state index in [1.54, 1.807) is 0 Å². The van der Waals surface area contributed by atoms with Crippen molar-refractivity contribution in [3.05, 3.63) is 35.4 Å². The number of hydrogen-bond acceptors (Lipinski definition) is 0. The van der Waals surface area contributed by atoms with Crippen molar-refractivity contribution < 1.29 is 0 Å². The lowest BCUT2D eigenvalue weighted by Crippen LogP contribution is -1.81. The molecule has 1 aromatic rings. The van der Waals surface area contributed by atoms with Crippen LogP contribution in [0.25, 0.3) is 0 Å². The molecule has 0 saturated heterocycles. The van der Waals surface area contributed by atoms with Gasteiger partial charge in [-0.25, -0.2) is 0 Å². The molecule has 0 N–H and O–H groups in total. The molecule has 0 saturated carbocycles. The molecule has 0 nitrogen and oxygen atoms in total. The normalized spacial score (nSPS) is 7.86. The minimum Gasteiger partial charge on any atom is -0.0683 e. The van der Waals surface area contributed by atoms with Gasteiger partial charge in [0.2, 0.25) is 0 Å². The van der Waals surface area contributed by atoms with Crippen molar-refractivity contribution >= 4 is 0 Å². The quantitative estimate of drug-likeness (QED) is 0.630. The molecule has 0 aliphatic carbocycles. The summed E-state index contributed by atoms with van der Waals surface area (Å²) in [7, 11) is 0. The van der Waals surface area contributed by atoms with Crippen LogP contribution < -0.4 is 0 Å². The van der Waals surface area contributed by atoms with Crippen LogP contribution in [-0.2, 0) is 12.8 Å². The standard InChI is InChI=1S/C10H14.2C2H6/c1-3-9-5-7-10(4-2)8-6-9;2*1-2/h5-8H,3-4H2,1-2H3;2*1-2H3. The van der Waals surface area contributed by atoms with Crippen LogP contribution in [0.15, 0.2) is 24.3 Å². The molecule has 0 heterocycles. The van der Waals surface area contributed by atoms with Gasteiger partial charge in [0.15, 0.2) is 0 Å². The molecule has 0 aliphatic rings. The molecule has 0 aromatic heterocycles. The molecular formula is C14H26. The summed E-state index contributed by atoms with van der Waals surface area (Å²) >= 11 is 0. The maximum absolute atomic E-state index is 2.21. The maximum atomic E-state index is 2.21. The highest BCUT2D eigenvalue weighted by atomic mass is 13.9. The van der Waals surface area contributed by atoms with E-state index in [2.05, 4.69) is 38.1 Å². The Kier molecular flexibility index (Phi) is 13.7. The molecule has 1 aromatic carbocycles. The first kappa shape index (κ1) is 15.7. The lowest BCUT2D eigenvalue weighted by atomic mass is 10.1. The van der Waals surface area contributed by atoms with E-state index in [4.69, 9.17) is 0 Å². The van der Waals surface area contributed by atoms with Gasteiger partial charge in [0, 0.05) is 0 Å². The van der Waals surface area contributed by atoms with Crippen molar-refractivity contribution in [1.82, 2.24) is 0 Å². The lowest BCUT2D eigenvalue weighted by Gasteiger charge is -1.97. The molecule has 0 fully saturated rings. The van der Waals surface area contributed by atoms with E-state index in [1.165, 1.54) is 11.1 Å². The van der Waals surface area contributed by atoms with E-state index >= 15 is 0 Å². The second-order valence-electron chi connectivity index (χ2n) is 2.52. The van der Waals surface area contributed by atoms with Gasteiger partial charge in [-0.05, 0) is 24.0 Å². The van der Waals surface area contributed by atoms with Gasteiger partial charge in [-0.15, -0.1) is 0 Å². The summed E-state index contributed by atoms with van der Waals surface area (Å²) in [5, 5.41) is 0. The number of benzene rings is 1. The summed E-state index contributed by atoms with van der Waals surface area (Å²) < 4.78 is 0. The monoisotopic (exact) mass is 194 g/mol. The van der Waals surface area contributed by atoms with Crippen molar-refractivity contribution in [3.63, 3.8) is 0 Å². The molecule has 0 heteroatoms. The van der Waals surface area contributed by atoms with Crippen LogP contribution in [0.2, 0.25) is 0 Å². The summed E-state index contributed by atoms with van der Waals surface area (Å²) in [5.74, 6) is 0. The maximum Gasteiger partial charge on any atom is -0.0307 e. The summed E-state index contributed by atoms with van der Waals surface area (Å²) in [6.07, 6.45) is 2.29. The van der Waals surface area contributed by atoms with Crippen LogP contribution in [0.4, 0.5) is 0 Å². The molecule has 1 rings (SSSR count). The van der Waals surface area contributed by atoms with Gasteiger partial charge in [-0.2, -0.15) is 0 Å². The zero-order valence-corrected chi connectivity index (χ0v) is 10.7. The molecule has 0 aliphatic heterocycles. The Hall–Kier alpha value is -0.780. The van der Waals surface area contributed by atoms with E-state index in [1.807, 2.05) is 27.7 Å². The average molecular weight is 194 g/mol. The van der Waals surface area contributed by atoms with Crippen molar-refractivity contribution in [2.75, 3.05) is 0 Å². The van der Waals surface area contributed by atoms with Crippen LogP contribution in [0.1, 0.15) is 52.7 Å². The molecular weight excluding hydrogens is 168 g/mol. The molecule has 0 spiro atoms. The highest BCUT2D eigenvalue weighted by molar-refractivity contribution is 5.22. The van der Waals surface area contributed by atoms with Gasteiger partial charge in [-0.3, -0.25) is 0 Å². The first-order chi connectivity index (χ1) is 6.86. The molecule has 82 valence electrons. The number of hydrogen-bond donors (Lipinski definition) is 0. The van der Waals surface area contributed by atoms with E-state index in [0.29, 0.717) is 0 Å². The minimum atomic E-state index is 1.14. The van der Waals surface area contributed by atoms with Gasteiger partial charge < -0.3 is 0 Å². The number of aryl methyl sites for hydroxylation is 2. The Balaban J connectivity index is 0. The fourth-order valence-corrected chi connectivity index (χ4v) is 1.01. The van der Waals surface area contributed by atoms with Gasteiger partial charge in [-0.1, -0.05) is 65.8 Å². The first-order valence-corrected chi connectivity index (χ1v) is 5.94. The van der Waals surface area contributed by atoms with Gasteiger partial charge >= 0.3 is 0 Å². The molecule has 0 amide bonds. The summed E-state index contributed by atoms with van der Waals surface area (Å²) in [6, 6.07) is 8.83. The zero-order chi connectivity index (χ0) is 11.4. The third-order valence-corrected chi connectivity index (χ3v) is 1.84. The molecule has 0 unspecified atom stereocenters. The predicted octanol–water partition coefficient (Wildman–Crippen LogP) is 4.86. The van der Waals surface area contributed by atoms with Crippen LogP contribution in [0.5, 0.6) is 0 Å². The van der Waals surface area contributed by atoms with Gasteiger partial charge in [0.05, 0.1) is 0 Å². The Morgan fingerprint density at radius 3 is 1.00 bits per heavy atom. The average Bonchev–Trinajstić information content (AvgIpc) is 2.34. The minimum absolute atomic E-state index is 1.14. The SMILES string of the molecule is CC.CC.CCc1ccc(CC)cc1. The van der Waals surface area contributed by atoms with Crippen molar-refractivity contribution in [2.24, 2.45) is 0 Å². The summed E-state index contributed by atoms with van der Waals surface area (Å²) in [4.78, 5) is 0. The van der Waals surface area contributed by atoms with E-state index < -0.39 is 0 Å². The van der Waals surface area contributed by atoms with Crippen molar-refractivity contribution in [1.29, 1.82) is 0 Å². The largest absolute Gasteiger partial charge is 0.0683 e. The topological polar surface area (TPSA) is 0 Å². The Morgan fingerprint density at radius 1 is 0.643 bits per heavy atom. The van der Waals surface area contributed by atoms with E-state index in [-0.39, 0.29) is 0 Å². The fourth-order valence-electron chi connectivity index (χ4n) is 1.01. The van der Waals surface area contributed by atoms with E-state index in [0.717, 1.165) is 12.8 Å². The molecule has 0 bridgehead atoms. The van der Waals surface area contributed by atoms with E-state index in [9.17, 15) is 0 Å². The van der Waals surface area contributed by atoms with Crippen LogP contribution in [0, 0.1) is 0 Å². The van der Waals surface area contributed by atoms with Crippen molar-refractivity contribution in [2.45, 2.75) is 54.4 Å². The van der Waals surface area contributed by atoms with Crippen molar-refractivity contribution in [3.8, 4) is 0 Å². The second-order valence-corrected chi connectivity index (χ2v) is 2.52. The Morgan fingerprint density at radius 2 is 0.857 bits per heavy atom. The molecule has 14 heavy (non-hydrogen) atoms. The summed E-state index contributed by atoms with van der Waals surface area (Å²) in [6.45, 7) is 12.4.